The van der Waals surface area contributed by atoms with Gasteiger partial charge in [0.05, 0.1) is 12.3 Å². The van der Waals surface area contributed by atoms with Gasteiger partial charge in [-0.3, -0.25) is 4.57 Å². The fourth-order valence-electron chi connectivity index (χ4n) is 2.90. The van der Waals surface area contributed by atoms with Crippen molar-refractivity contribution in [2.24, 2.45) is 0 Å². The van der Waals surface area contributed by atoms with Crippen LogP contribution in [0.15, 0.2) is 17.8 Å². The summed E-state index contributed by atoms with van der Waals surface area (Å²) < 4.78 is 1.86. The van der Waals surface area contributed by atoms with Crippen LogP contribution >= 0.6 is 23.1 Å². The minimum atomic E-state index is -0.903. The fourth-order valence-corrected chi connectivity index (χ4v) is 4.84. The molecule has 7 nitrogen and oxygen atoms in total. The monoisotopic (exact) mass is 401 g/mol. The third-order valence-corrected chi connectivity index (χ3v) is 6.42. The molecule has 0 amide bonds. The molecule has 4 heterocycles. The number of imidazole rings is 1. The van der Waals surface area contributed by atoms with Gasteiger partial charge in [-0.15, -0.1) is 23.1 Å². The zero-order valence-corrected chi connectivity index (χ0v) is 16.4. The molecule has 27 heavy (non-hydrogen) atoms. The van der Waals surface area contributed by atoms with Crippen LogP contribution in [0.2, 0.25) is 0 Å². The van der Waals surface area contributed by atoms with Crippen LogP contribution in [0.3, 0.4) is 0 Å². The second-order valence-electron chi connectivity index (χ2n) is 6.23. The third-order valence-electron chi connectivity index (χ3n) is 4.29. The largest absolute Gasteiger partial charge is 0.389 e. The highest BCUT2D eigenvalue weighted by molar-refractivity contribution is 7.99. The molecule has 0 aromatic carbocycles. The second-order valence-corrected chi connectivity index (χ2v) is 8.28. The first-order valence-corrected chi connectivity index (χ1v) is 10.7. The highest BCUT2D eigenvalue weighted by Crippen LogP contribution is 2.41. The standard InChI is InChI=1S/C18H19N5O2S2/c1-2-3-4-5-6-13-20-9-11-15(22-13)23(18-14(25)12(24)10-27-18)16(21-11)17-19-7-8-26-17/h7-9,12,14,18,24-25H,2-4,10H2,1H3/t12-,14-,18-/m1/s1. The van der Waals surface area contributed by atoms with Crippen LogP contribution in [-0.4, -0.2) is 52.7 Å². The van der Waals surface area contributed by atoms with Crippen LogP contribution in [0.4, 0.5) is 0 Å². The Morgan fingerprint density at radius 3 is 2.89 bits per heavy atom. The van der Waals surface area contributed by atoms with Crippen molar-refractivity contribution in [3.8, 4) is 22.7 Å². The van der Waals surface area contributed by atoms with Crippen molar-refractivity contribution in [1.82, 2.24) is 24.5 Å². The lowest BCUT2D eigenvalue weighted by molar-refractivity contribution is 0.0316. The molecule has 2 N–H and O–H groups in total. The number of rotatable bonds is 4. The van der Waals surface area contributed by atoms with Crippen molar-refractivity contribution in [3.05, 3.63) is 23.6 Å². The van der Waals surface area contributed by atoms with E-state index in [2.05, 4.69) is 38.7 Å². The number of aliphatic hydroxyl groups is 2. The van der Waals surface area contributed by atoms with E-state index in [9.17, 15) is 10.2 Å². The number of aromatic nitrogens is 5. The normalized spacial score (nSPS) is 22.1. The first kappa shape index (κ1) is 18.4. The minimum Gasteiger partial charge on any atom is -0.389 e. The predicted molar refractivity (Wildman–Crippen MR) is 106 cm³/mol. The third kappa shape index (κ3) is 3.58. The molecule has 0 saturated carbocycles. The number of unbranched alkanes of at least 4 members (excludes halogenated alkanes) is 2. The number of hydrogen-bond acceptors (Lipinski definition) is 8. The Morgan fingerprint density at radius 2 is 2.19 bits per heavy atom. The molecule has 9 heteroatoms. The van der Waals surface area contributed by atoms with Gasteiger partial charge in [0.2, 0.25) is 5.82 Å². The number of hydrogen-bond donors (Lipinski definition) is 2. The molecule has 0 bridgehead atoms. The van der Waals surface area contributed by atoms with Crippen molar-refractivity contribution >= 4 is 34.3 Å². The smallest absolute Gasteiger partial charge is 0.206 e. The Hall–Kier alpha value is -1.99. The Balaban J connectivity index is 1.82. The number of thiazole rings is 1. The molecule has 0 radical (unpaired) electrons. The zero-order valence-electron chi connectivity index (χ0n) is 14.7. The molecule has 4 rings (SSSR count). The van der Waals surface area contributed by atoms with Crippen molar-refractivity contribution < 1.29 is 10.2 Å². The van der Waals surface area contributed by atoms with Crippen LogP contribution in [0, 0.1) is 11.8 Å². The molecule has 0 aliphatic carbocycles. The number of thioether (sulfide) groups is 1. The molecule has 0 unspecified atom stereocenters. The molecule has 1 saturated heterocycles. The molecule has 3 aromatic heterocycles. The summed E-state index contributed by atoms with van der Waals surface area (Å²) in [6.07, 6.45) is 4.64. The van der Waals surface area contributed by atoms with Gasteiger partial charge in [-0.25, -0.2) is 19.9 Å². The van der Waals surface area contributed by atoms with Gasteiger partial charge < -0.3 is 10.2 Å². The van der Waals surface area contributed by atoms with Gasteiger partial charge in [-0.2, -0.15) is 0 Å². The Bertz CT molecular complexity index is 993. The summed E-state index contributed by atoms with van der Waals surface area (Å²) in [5, 5.41) is 22.7. The van der Waals surface area contributed by atoms with Crippen LogP contribution in [0.5, 0.6) is 0 Å². The van der Waals surface area contributed by atoms with Crippen molar-refractivity contribution in [1.29, 1.82) is 0 Å². The quantitative estimate of drug-likeness (QED) is 0.512. The van der Waals surface area contributed by atoms with Gasteiger partial charge >= 0.3 is 0 Å². The van der Waals surface area contributed by atoms with E-state index < -0.39 is 12.2 Å². The van der Waals surface area contributed by atoms with Crippen molar-refractivity contribution in [2.45, 2.75) is 43.8 Å². The van der Waals surface area contributed by atoms with Crippen LogP contribution in [0.25, 0.3) is 22.0 Å². The summed E-state index contributed by atoms with van der Waals surface area (Å²) >= 11 is 2.94. The lowest BCUT2D eigenvalue weighted by Gasteiger charge is -2.19. The molecule has 140 valence electrons. The topological polar surface area (TPSA) is 97.0 Å². The fraction of sp³-hybridized carbons (Fsp3) is 0.444. The molecule has 0 spiro atoms. The van der Waals surface area contributed by atoms with Crippen LogP contribution in [0.1, 0.15) is 37.4 Å². The van der Waals surface area contributed by atoms with E-state index in [0.717, 1.165) is 24.3 Å². The van der Waals surface area contributed by atoms with Gasteiger partial charge in [0.25, 0.3) is 0 Å². The van der Waals surface area contributed by atoms with Crippen LogP contribution in [-0.2, 0) is 0 Å². The average Bonchev–Trinajstić information content (AvgIpc) is 3.39. The highest BCUT2D eigenvalue weighted by atomic mass is 32.2. The van der Waals surface area contributed by atoms with E-state index in [1.807, 2.05) is 9.95 Å². The highest BCUT2D eigenvalue weighted by Gasteiger charge is 2.38. The summed E-state index contributed by atoms with van der Waals surface area (Å²) in [7, 11) is 0. The lowest BCUT2D eigenvalue weighted by atomic mass is 10.2. The van der Waals surface area contributed by atoms with Crippen molar-refractivity contribution in [2.75, 3.05) is 5.75 Å². The molecule has 3 atom stereocenters. The molecule has 1 aliphatic rings. The summed E-state index contributed by atoms with van der Waals surface area (Å²) in [5.41, 5.74) is 1.22. The number of nitrogens with zero attached hydrogens (tertiary/aromatic N) is 5. The summed E-state index contributed by atoms with van der Waals surface area (Å²) in [6, 6.07) is 0. The number of aliphatic hydroxyl groups excluding tert-OH is 2. The molecular formula is C18H19N5O2S2. The Labute approximate surface area is 164 Å². The Morgan fingerprint density at radius 1 is 1.30 bits per heavy atom. The van der Waals surface area contributed by atoms with Crippen molar-refractivity contribution in [3.63, 3.8) is 0 Å². The Kier molecular flexibility index (Phi) is 5.41. The van der Waals surface area contributed by atoms with Gasteiger partial charge in [0.1, 0.15) is 17.0 Å². The van der Waals surface area contributed by atoms with Gasteiger partial charge in [0.15, 0.2) is 16.5 Å². The van der Waals surface area contributed by atoms with Gasteiger partial charge in [0, 0.05) is 23.8 Å². The maximum atomic E-state index is 10.5. The second kappa shape index (κ2) is 7.94. The summed E-state index contributed by atoms with van der Waals surface area (Å²) in [4.78, 5) is 17.9. The first-order chi connectivity index (χ1) is 13.2. The van der Waals surface area contributed by atoms with E-state index in [1.165, 1.54) is 23.1 Å². The number of fused-ring (bicyclic) bond motifs is 1. The first-order valence-electron chi connectivity index (χ1n) is 8.80. The zero-order chi connectivity index (χ0) is 18.8. The van der Waals surface area contributed by atoms with E-state index in [0.29, 0.717) is 28.6 Å². The molecular weight excluding hydrogens is 382 g/mol. The van der Waals surface area contributed by atoms with Gasteiger partial charge in [-0.05, 0) is 12.3 Å². The maximum Gasteiger partial charge on any atom is 0.206 e. The molecule has 3 aromatic rings. The predicted octanol–water partition coefficient (Wildman–Crippen LogP) is 2.46. The van der Waals surface area contributed by atoms with Gasteiger partial charge in [-0.1, -0.05) is 19.3 Å². The molecule has 1 aliphatic heterocycles. The van der Waals surface area contributed by atoms with Crippen LogP contribution < -0.4 is 0 Å². The van der Waals surface area contributed by atoms with E-state index >= 15 is 0 Å². The van der Waals surface area contributed by atoms with E-state index in [4.69, 9.17) is 0 Å². The molecule has 1 fully saturated rings. The summed E-state index contributed by atoms with van der Waals surface area (Å²) in [5.74, 6) is 7.62. The lowest BCUT2D eigenvalue weighted by Crippen LogP contribution is -2.28. The maximum absolute atomic E-state index is 10.5. The minimum absolute atomic E-state index is 0.389. The van der Waals surface area contributed by atoms with E-state index in [-0.39, 0.29) is 5.37 Å². The average molecular weight is 402 g/mol. The SMILES string of the molecule is CCCCC#Cc1ncc2nc(-c3nccs3)n([C@@H]3SC[C@@H](O)[C@H]3O)c2n1. The summed E-state index contributed by atoms with van der Waals surface area (Å²) in [6.45, 7) is 2.13. The van der Waals surface area contributed by atoms with E-state index in [1.54, 1.807) is 12.4 Å².